The minimum Gasteiger partial charge on any atom is -0.478 e. The number of benzene rings is 1. The molecule has 0 atom stereocenters. The summed E-state index contributed by atoms with van der Waals surface area (Å²) in [6.45, 7) is 4.88. The van der Waals surface area contributed by atoms with E-state index in [4.69, 9.17) is 14.6 Å². The number of carboxylic acid groups (broad SMARTS) is 1. The largest absolute Gasteiger partial charge is 0.478 e. The Balaban J connectivity index is 2.56. The summed E-state index contributed by atoms with van der Waals surface area (Å²) in [5, 5.41) is 8.88. The third-order valence-electron chi connectivity index (χ3n) is 2.49. The third kappa shape index (κ3) is 5.48. The van der Waals surface area contributed by atoms with Gasteiger partial charge in [-0.25, -0.2) is 9.18 Å². The first-order valence-electron chi connectivity index (χ1n) is 6.47. The van der Waals surface area contributed by atoms with E-state index in [-0.39, 0.29) is 11.9 Å². The maximum absolute atomic E-state index is 13.6. The van der Waals surface area contributed by atoms with Crippen molar-refractivity contribution < 1.29 is 23.8 Å². The first kappa shape index (κ1) is 16.9. The molecular weight excluding hydrogens is 283 g/mol. The highest BCUT2D eigenvalue weighted by Crippen LogP contribution is 2.24. The van der Waals surface area contributed by atoms with Crippen LogP contribution in [0.1, 0.15) is 30.6 Å². The molecule has 0 aliphatic rings. The standard InChI is InChI=1S/C14H19FO4S/c1-3-18-13(19-4-2)7-8-20-12-9-10(14(16)17)5-6-11(12)15/h5-6,9,13H,3-4,7-8H2,1-2H3,(H,16,17). The second-order valence-corrected chi connectivity index (χ2v) is 5.06. The van der Waals surface area contributed by atoms with Crippen molar-refractivity contribution >= 4 is 17.7 Å². The van der Waals surface area contributed by atoms with Gasteiger partial charge in [0.1, 0.15) is 5.82 Å². The van der Waals surface area contributed by atoms with Gasteiger partial charge in [-0.15, -0.1) is 11.8 Å². The Morgan fingerprint density at radius 2 is 2.00 bits per heavy atom. The van der Waals surface area contributed by atoms with Crippen molar-refractivity contribution in [3.05, 3.63) is 29.6 Å². The quantitative estimate of drug-likeness (QED) is 0.559. The molecule has 0 radical (unpaired) electrons. The average Bonchev–Trinajstić information content (AvgIpc) is 2.41. The van der Waals surface area contributed by atoms with Gasteiger partial charge in [0.25, 0.3) is 0 Å². The van der Waals surface area contributed by atoms with E-state index < -0.39 is 11.8 Å². The first-order chi connectivity index (χ1) is 9.58. The maximum atomic E-state index is 13.6. The summed E-state index contributed by atoms with van der Waals surface area (Å²) in [5.74, 6) is -0.886. The molecule has 1 N–H and O–H groups in total. The lowest BCUT2D eigenvalue weighted by Crippen LogP contribution is -2.18. The average molecular weight is 302 g/mol. The number of hydrogen-bond donors (Lipinski definition) is 1. The molecule has 0 saturated carbocycles. The van der Waals surface area contributed by atoms with Crippen molar-refractivity contribution in [3.8, 4) is 0 Å². The minimum absolute atomic E-state index is 0.0834. The van der Waals surface area contributed by atoms with Gasteiger partial charge in [-0.3, -0.25) is 0 Å². The number of thioether (sulfide) groups is 1. The molecule has 0 fully saturated rings. The van der Waals surface area contributed by atoms with Crippen LogP contribution in [0.25, 0.3) is 0 Å². The van der Waals surface area contributed by atoms with Gasteiger partial charge in [-0.2, -0.15) is 0 Å². The Morgan fingerprint density at radius 3 is 2.55 bits per heavy atom. The molecule has 0 aliphatic heterocycles. The van der Waals surface area contributed by atoms with Crippen molar-refractivity contribution in [2.75, 3.05) is 19.0 Å². The van der Waals surface area contributed by atoms with Gasteiger partial charge in [0.2, 0.25) is 0 Å². The summed E-state index contributed by atoms with van der Waals surface area (Å²) in [6.07, 6.45) is 0.312. The van der Waals surface area contributed by atoms with Crippen molar-refractivity contribution in [2.45, 2.75) is 31.5 Å². The molecule has 0 spiro atoms. The molecule has 0 saturated heterocycles. The zero-order valence-electron chi connectivity index (χ0n) is 11.6. The Bertz CT molecular complexity index is 433. The molecule has 112 valence electrons. The lowest BCUT2D eigenvalue weighted by molar-refractivity contribution is -0.136. The van der Waals surface area contributed by atoms with Crippen LogP contribution in [0.5, 0.6) is 0 Å². The topological polar surface area (TPSA) is 55.8 Å². The zero-order chi connectivity index (χ0) is 15.0. The van der Waals surface area contributed by atoms with Crippen LogP contribution in [-0.2, 0) is 9.47 Å². The third-order valence-corrected chi connectivity index (χ3v) is 3.56. The summed E-state index contributed by atoms with van der Waals surface area (Å²) in [4.78, 5) is 11.2. The number of ether oxygens (including phenoxy) is 2. The monoisotopic (exact) mass is 302 g/mol. The number of hydrogen-bond acceptors (Lipinski definition) is 4. The lowest BCUT2D eigenvalue weighted by atomic mass is 10.2. The molecule has 0 aliphatic carbocycles. The lowest BCUT2D eigenvalue weighted by Gasteiger charge is -2.16. The van der Waals surface area contributed by atoms with E-state index in [2.05, 4.69) is 0 Å². The summed E-state index contributed by atoms with van der Waals surface area (Å²) >= 11 is 1.26. The number of aromatic carboxylic acids is 1. The van der Waals surface area contributed by atoms with Gasteiger partial charge < -0.3 is 14.6 Å². The Hall–Kier alpha value is -1.11. The minimum atomic E-state index is -1.06. The van der Waals surface area contributed by atoms with Crippen molar-refractivity contribution in [3.63, 3.8) is 0 Å². The predicted octanol–water partition coefficient (Wildman–Crippen LogP) is 3.41. The van der Waals surface area contributed by atoms with E-state index in [0.717, 1.165) is 0 Å². The van der Waals surface area contributed by atoms with Crippen LogP contribution in [0.3, 0.4) is 0 Å². The van der Waals surface area contributed by atoms with E-state index in [1.54, 1.807) is 0 Å². The fourth-order valence-electron chi connectivity index (χ4n) is 1.60. The highest BCUT2D eigenvalue weighted by molar-refractivity contribution is 7.99. The van der Waals surface area contributed by atoms with Gasteiger partial charge in [0, 0.05) is 30.3 Å². The van der Waals surface area contributed by atoms with Crippen LogP contribution in [0.2, 0.25) is 0 Å². The van der Waals surface area contributed by atoms with Crippen molar-refractivity contribution in [2.24, 2.45) is 0 Å². The molecule has 20 heavy (non-hydrogen) atoms. The molecule has 4 nitrogen and oxygen atoms in total. The summed E-state index contributed by atoms with van der Waals surface area (Å²) < 4.78 is 24.4. The second kappa shape index (κ2) is 8.94. The van der Waals surface area contributed by atoms with Gasteiger partial charge in [0.05, 0.1) is 5.56 Å². The fraction of sp³-hybridized carbons (Fsp3) is 0.500. The van der Waals surface area contributed by atoms with Crippen LogP contribution in [0.4, 0.5) is 4.39 Å². The van der Waals surface area contributed by atoms with Crippen LogP contribution in [0.15, 0.2) is 23.1 Å². The van der Waals surface area contributed by atoms with E-state index in [0.29, 0.717) is 30.3 Å². The summed E-state index contributed by atoms with van der Waals surface area (Å²) in [6, 6.07) is 3.78. The van der Waals surface area contributed by atoms with E-state index in [1.165, 1.54) is 30.0 Å². The van der Waals surface area contributed by atoms with Gasteiger partial charge >= 0.3 is 5.97 Å². The van der Waals surface area contributed by atoms with E-state index in [9.17, 15) is 9.18 Å². The smallest absolute Gasteiger partial charge is 0.335 e. The molecule has 6 heteroatoms. The Labute approximate surface area is 122 Å². The molecule has 1 aromatic rings. The van der Waals surface area contributed by atoms with Gasteiger partial charge in [-0.05, 0) is 32.0 Å². The summed E-state index contributed by atoms with van der Waals surface area (Å²) in [7, 11) is 0. The summed E-state index contributed by atoms with van der Waals surface area (Å²) in [5.41, 5.74) is 0.0834. The Morgan fingerprint density at radius 1 is 1.35 bits per heavy atom. The number of carbonyl (C=O) groups is 1. The SMILES string of the molecule is CCOC(CCSc1cc(C(=O)O)ccc1F)OCC. The molecule has 0 bridgehead atoms. The molecule has 1 rings (SSSR count). The van der Waals surface area contributed by atoms with E-state index >= 15 is 0 Å². The number of rotatable bonds is 9. The molecule has 0 heterocycles. The van der Waals surface area contributed by atoms with Crippen molar-refractivity contribution in [1.29, 1.82) is 0 Å². The fourth-order valence-corrected chi connectivity index (χ4v) is 2.55. The van der Waals surface area contributed by atoms with Gasteiger partial charge in [-0.1, -0.05) is 0 Å². The molecule has 0 unspecified atom stereocenters. The van der Waals surface area contributed by atoms with Gasteiger partial charge in [0.15, 0.2) is 6.29 Å². The highest BCUT2D eigenvalue weighted by atomic mass is 32.2. The normalized spacial score (nSPS) is 11.0. The molecule has 0 amide bonds. The van der Waals surface area contributed by atoms with Crippen LogP contribution >= 0.6 is 11.8 Å². The predicted molar refractivity (Wildman–Crippen MR) is 75.7 cm³/mol. The highest BCUT2D eigenvalue weighted by Gasteiger charge is 2.11. The molecular formula is C14H19FO4S. The van der Waals surface area contributed by atoms with Crippen molar-refractivity contribution in [1.82, 2.24) is 0 Å². The zero-order valence-corrected chi connectivity index (χ0v) is 12.4. The molecule has 1 aromatic carbocycles. The first-order valence-corrected chi connectivity index (χ1v) is 7.45. The van der Waals surface area contributed by atoms with E-state index in [1.807, 2.05) is 13.8 Å². The molecule has 0 aromatic heterocycles. The van der Waals surface area contributed by atoms with Crippen LogP contribution in [-0.4, -0.2) is 36.3 Å². The maximum Gasteiger partial charge on any atom is 0.335 e. The number of halogens is 1. The Kier molecular flexibility index (Phi) is 7.58. The second-order valence-electron chi connectivity index (χ2n) is 3.93. The van der Waals surface area contributed by atoms with Crippen LogP contribution in [0, 0.1) is 5.82 Å². The number of carboxylic acids is 1. The van der Waals surface area contributed by atoms with Crippen LogP contribution < -0.4 is 0 Å².